The fraction of sp³-hybridized carbons (Fsp3) is 0.357. The van der Waals surface area contributed by atoms with Gasteiger partial charge in [-0.3, -0.25) is 0 Å². The van der Waals surface area contributed by atoms with Crippen molar-refractivity contribution in [2.24, 2.45) is 5.92 Å². The van der Waals surface area contributed by atoms with E-state index < -0.39 is 41.8 Å². The molecular formula is C28H25F8NO2. The molecule has 0 heterocycles. The molecule has 0 saturated heterocycles. The zero-order valence-electron chi connectivity index (χ0n) is 20.4. The molecule has 1 N–H and O–H groups in total. The smallest absolute Gasteiger partial charge is 0.457 e. The molecule has 1 aliphatic carbocycles. The van der Waals surface area contributed by atoms with E-state index in [0.29, 0.717) is 29.3 Å². The van der Waals surface area contributed by atoms with Gasteiger partial charge in [0.15, 0.2) is 5.60 Å². The zero-order chi connectivity index (χ0) is 28.5. The standard InChI is InChI=1S/C28H25F8NO2/c29-26(30,28(34,35)36)20-8-4-7-19(15-20)17-37(18-21-9-6-14-25(21,38)27(31,32)33)22-10-5-13-24(16-22)39-23-11-2-1-3-12-23/h1-5,7-8,10-13,15-16,21,38H,6,9,14,17-18H2. The average molecular weight is 559 g/mol. The number of halogens is 8. The van der Waals surface area contributed by atoms with E-state index in [2.05, 4.69) is 0 Å². The zero-order valence-corrected chi connectivity index (χ0v) is 20.4. The lowest BCUT2D eigenvalue weighted by Gasteiger charge is -2.36. The molecular weight excluding hydrogens is 534 g/mol. The molecule has 3 nitrogen and oxygen atoms in total. The Kier molecular flexibility index (Phi) is 7.84. The van der Waals surface area contributed by atoms with Crippen molar-refractivity contribution >= 4 is 5.69 Å². The number of hydrogen-bond donors (Lipinski definition) is 1. The predicted octanol–water partition coefficient (Wildman–Crippen LogP) is 8.23. The molecule has 1 aliphatic rings. The van der Waals surface area contributed by atoms with Gasteiger partial charge in [-0.25, -0.2) is 0 Å². The molecule has 11 heteroatoms. The van der Waals surface area contributed by atoms with Gasteiger partial charge < -0.3 is 14.7 Å². The lowest BCUT2D eigenvalue weighted by atomic mass is 9.89. The Bertz CT molecular complexity index is 1260. The van der Waals surface area contributed by atoms with E-state index in [9.17, 15) is 40.2 Å². The maximum Gasteiger partial charge on any atom is 0.458 e. The summed E-state index contributed by atoms with van der Waals surface area (Å²) >= 11 is 0. The first-order valence-corrected chi connectivity index (χ1v) is 12.1. The molecule has 2 atom stereocenters. The van der Waals surface area contributed by atoms with E-state index in [1.165, 1.54) is 17.0 Å². The van der Waals surface area contributed by atoms with Crippen molar-refractivity contribution in [3.05, 3.63) is 90.0 Å². The Balaban J connectivity index is 1.69. The molecule has 0 spiro atoms. The van der Waals surface area contributed by atoms with Crippen LogP contribution < -0.4 is 9.64 Å². The van der Waals surface area contributed by atoms with E-state index in [0.717, 1.165) is 6.07 Å². The first-order chi connectivity index (χ1) is 18.2. The van der Waals surface area contributed by atoms with Crippen molar-refractivity contribution < 1.29 is 45.0 Å². The van der Waals surface area contributed by atoms with Crippen LogP contribution in [-0.2, 0) is 12.5 Å². The molecule has 210 valence electrons. The van der Waals surface area contributed by atoms with Crippen LogP contribution in [0, 0.1) is 5.92 Å². The van der Waals surface area contributed by atoms with Crippen molar-refractivity contribution in [1.29, 1.82) is 0 Å². The Morgan fingerprint density at radius 3 is 2.15 bits per heavy atom. The van der Waals surface area contributed by atoms with E-state index in [-0.39, 0.29) is 31.5 Å². The maximum absolute atomic E-state index is 14.0. The van der Waals surface area contributed by atoms with Crippen molar-refractivity contribution in [2.45, 2.75) is 49.7 Å². The molecule has 0 radical (unpaired) electrons. The van der Waals surface area contributed by atoms with Crippen LogP contribution in [0.15, 0.2) is 78.9 Å². The first-order valence-electron chi connectivity index (χ1n) is 12.1. The van der Waals surface area contributed by atoms with Gasteiger partial charge in [-0.2, -0.15) is 35.1 Å². The Hall–Kier alpha value is -3.34. The second-order valence-corrected chi connectivity index (χ2v) is 9.58. The van der Waals surface area contributed by atoms with Crippen LogP contribution in [-0.4, -0.2) is 29.6 Å². The van der Waals surface area contributed by atoms with Gasteiger partial charge in [0.2, 0.25) is 0 Å². The summed E-state index contributed by atoms with van der Waals surface area (Å²) in [7, 11) is 0. The van der Waals surface area contributed by atoms with Gasteiger partial charge in [0.05, 0.1) is 0 Å². The number of nitrogens with zero attached hydrogens (tertiary/aromatic N) is 1. The molecule has 2 unspecified atom stereocenters. The van der Waals surface area contributed by atoms with Gasteiger partial charge in [0.1, 0.15) is 11.5 Å². The fourth-order valence-electron chi connectivity index (χ4n) is 4.82. The summed E-state index contributed by atoms with van der Waals surface area (Å²) in [6.07, 6.45) is -11.0. The summed E-state index contributed by atoms with van der Waals surface area (Å²) in [6.45, 7) is -0.619. The second kappa shape index (κ2) is 10.7. The van der Waals surface area contributed by atoms with Gasteiger partial charge >= 0.3 is 18.3 Å². The van der Waals surface area contributed by atoms with Crippen molar-refractivity contribution in [3.8, 4) is 11.5 Å². The summed E-state index contributed by atoms with van der Waals surface area (Å²) in [4.78, 5) is 1.43. The number of alkyl halides is 8. The van der Waals surface area contributed by atoms with Crippen molar-refractivity contribution in [3.63, 3.8) is 0 Å². The van der Waals surface area contributed by atoms with Crippen LogP contribution in [0.2, 0.25) is 0 Å². The molecule has 3 aromatic carbocycles. The highest BCUT2D eigenvalue weighted by Crippen LogP contribution is 2.48. The molecule has 0 aliphatic heterocycles. The minimum Gasteiger partial charge on any atom is -0.457 e. The summed E-state index contributed by atoms with van der Waals surface area (Å²) in [5, 5.41) is 10.5. The third kappa shape index (κ3) is 6.13. The van der Waals surface area contributed by atoms with Crippen molar-refractivity contribution in [1.82, 2.24) is 0 Å². The topological polar surface area (TPSA) is 32.7 Å². The quantitative estimate of drug-likeness (QED) is 0.282. The van der Waals surface area contributed by atoms with Crippen LogP contribution in [0.4, 0.5) is 40.8 Å². The molecule has 3 aromatic rings. The highest BCUT2D eigenvalue weighted by molar-refractivity contribution is 5.52. The Morgan fingerprint density at radius 2 is 1.49 bits per heavy atom. The van der Waals surface area contributed by atoms with Crippen LogP contribution in [0.5, 0.6) is 11.5 Å². The molecule has 4 rings (SSSR count). The normalized spacial score (nSPS) is 20.2. The van der Waals surface area contributed by atoms with Crippen LogP contribution >= 0.6 is 0 Å². The predicted molar refractivity (Wildman–Crippen MR) is 129 cm³/mol. The van der Waals surface area contributed by atoms with Gasteiger partial charge in [0, 0.05) is 36.3 Å². The highest BCUT2D eigenvalue weighted by atomic mass is 19.4. The number of anilines is 1. The van der Waals surface area contributed by atoms with Gasteiger partial charge in [-0.1, -0.05) is 42.5 Å². The van der Waals surface area contributed by atoms with Gasteiger partial charge in [-0.15, -0.1) is 0 Å². The largest absolute Gasteiger partial charge is 0.458 e. The summed E-state index contributed by atoms with van der Waals surface area (Å²) in [5.41, 5.74) is -3.86. The van der Waals surface area contributed by atoms with Crippen LogP contribution in [0.3, 0.4) is 0 Å². The lowest BCUT2D eigenvalue weighted by Crippen LogP contribution is -2.51. The Labute approximate surface area is 219 Å². The molecule has 1 saturated carbocycles. The summed E-state index contributed by atoms with van der Waals surface area (Å²) in [6, 6.07) is 18.6. The summed E-state index contributed by atoms with van der Waals surface area (Å²) in [5.74, 6) is -5.54. The Morgan fingerprint density at radius 1 is 0.821 bits per heavy atom. The first kappa shape index (κ1) is 28.7. The molecule has 0 aromatic heterocycles. The number of rotatable bonds is 8. The van der Waals surface area contributed by atoms with Crippen molar-refractivity contribution in [2.75, 3.05) is 11.4 Å². The average Bonchev–Trinajstić information content (AvgIpc) is 3.25. The van der Waals surface area contributed by atoms with E-state index in [1.54, 1.807) is 48.5 Å². The van der Waals surface area contributed by atoms with Crippen LogP contribution in [0.25, 0.3) is 0 Å². The SMILES string of the molecule is OC1(C(F)(F)F)CCCC1CN(Cc1cccc(C(F)(F)C(F)(F)F)c1)c1cccc(Oc2ccccc2)c1. The van der Waals surface area contributed by atoms with E-state index >= 15 is 0 Å². The minimum atomic E-state index is -5.82. The van der Waals surface area contributed by atoms with Gasteiger partial charge in [-0.05, 0) is 55.2 Å². The molecule has 39 heavy (non-hydrogen) atoms. The monoisotopic (exact) mass is 559 g/mol. The third-order valence-electron chi connectivity index (χ3n) is 6.90. The number of para-hydroxylation sites is 1. The maximum atomic E-state index is 14.0. The van der Waals surface area contributed by atoms with E-state index in [4.69, 9.17) is 4.74 Å². The second-order valence-electron chi connectivity index (χ2n) is 9.58. The number of hydrogen-bond acceptors (Lipinski definition) is 3. The summed E-state index contributed by atoms with van der Waals surface area (Å²) < 4.78 is 114. The molecule has 1 fully saturated rings. The highest BCUT2D eigenvalue weighted by Gasteiger charge is 2.60. The molecule has 0 bridgehead atoms. The number of ether oxygens (including phenoxy) is 1. The lowest BCUT2D eigenvalue weighted by molar-refractivity contribution is -0.289. The number of aliphatic hydroxyl groups is 1. The third-order valence-corrected chi connectivity index (χ3v) is 6.90. The minimum absolute atomic E-state index is 0.0272. The fourth-order valence-corrected chi connectivity index (χ4v) is 4.82. The van der Waals surface area contributed by atoms with E-state index in [1.807, 2.05) is 0 Å². The van der Waals surface area contributed by atoms with Gasteiger partial charge in [0.25, 0.3) is 0 Å². The number of benzene rings is 3. The van der Waals surface area contributed by atoms with Crippen LogP contribution in [0.1, 0.15) is 30.4 Å². The molecule has 0 amide bonds.